The Kier molecular flexibility index (Phi) is 3.50. The zero-order valence-electron chi connectivity index (χ0n) is 9.34. The highest BCUT2D eigenvalue weighted by molar-refractivity contribution is 5.79. The van der Waals surface area contributed by atoms with E-state index in [0.29, 0.717) is 13.0 Å². The molecule has 1 aliphatic rings. The van der Waals surface area contributed by atoms with E-state index in [1.807, 2.05) is 6.92 Å². The minimum atomic E-state index is -0.0467. The van der Waals surface area contributed by atoms with Crippen LogP contribution in [0.2, 0.25) is 0 Å². The molecule has 0 aliphatic carbocycles. The number of hydrazine groups is 1. The maximum absolute atomic E-state index is 11.6. The molecule has 0 saturated carbocycles. The van der Waals surface area contributed by atoms with Crippen LogP contribution in [-0.2, 0) is 4.79 Å². The maximum atomic E-state index is 11.6. The molecular weight excluding hydrogens is 178 g/mol. The molecule has 1 saturated heterocycles. The number of nitrogens with one attached hydrogen (secondary N) is 1. The zero-order valence-corrected chi connectivity index (χ0v) is 9.34. The fourth-order valence-electron chi connectivity index (χ4n) is 1.57. The van der Waals surface area contributed by atoms with Crippen LogP contribution >= 0.6 is 0 Å². The SMILES string of the molecule is CCC1(C)CC(=O)N(CCC(C)N)N1. The number of carbonyl (C=O) groups is 1. The second-order valence-electron chi connectivity index (χ2n) is 4.51. The average molecular weight is 199 g/mol. The van der Waals surface area contributed by atoms with Gasteiger partial charge in [0.1, 0.15) is 0 Å². The van der Waals surface area contributed by atoms with Gasteiger partial charge in [0.15, 0.2) is 0 Å². The molecule has 4 nitrogen and oxygen atoms in total. The lowest BCUT2D eigenvalue weighted by Gasteiger charge is -2.24. The standard InChI is InChI=1S/C10H21N3O/c1-4-10(3)7-9(14)13(12-10)6-5-8(2)11/h8,12H,4-7,11H2,1-3H3. The normalized spacial score (nSPS) is 29.7. The molecule has 4 heteroatoms. The molecule has 3 N–H and O–H groups in total. The first kappa shape index (κ1) is 11.5. The summed E-state index contributed by atoms with van der Waals surface area (Å²) in [6.07, 6.45) is 2.41. The van der Waals surface area contributed by atoms with E-state index in [2.05, 4.69) is 19.3 Å². The topological polar surface area (TPSA) is 58.4 Å². The molecule has 14 heavy (non-hydrogen) atoms. The summed E-state index contributed by atoms with van der Waals surface area (Å²) in [5.74, 6) is 0.190. The van der Waals surface area contributed by atoms with E-state index < -0.39 is 0 Å². The highest BCUT2D eigenvalue weighted by Crippen LogP contribution is 2.22. The monoisotopic (exact) mass is 199 g/mol. The largest absolute Gasteiger partial charge is 0.328 e. The average Bonchev–Trinajstić information content (AvgIpc) is 2.39. The van der Waals surface area contributed by atoms with Gasteiger partial charge < -0.3 is 5.73 Å². The van der Waals surface area contributed by atoms with Gasteiger partial charge in [-0.2, -0.15) is 0 Å². The number of hydrogen-bond donors (Lipinski definition) is 2. The first-order valence-corrected chi connectivity index (χ1v) is 5.30. The number of carbonyl (C=O) groups excluding carboxylic acids is 1. The van der Waals surface area contributed by atoms with Crippen molar-refractivity contribution in [2.75, 3.05) is 6.54 Å². The van der Waals surface area contributed by atoms with Crippen LogP contribution in [-0.4, -0.2) is 29.0 Å². The Morgan fingerprint density at radius 3 is 2.79 bits per heavy atom. The highest BCUT2D eigenvalue weighted by atomic mass is 16.2. The van der Waals surface area contributed by atoms with Crippen molar-refractivity contribution < 1.29 is 4.79 Å². The third kappa shape index (κ3) is 2.69. The van der Waals surface area contributed by atoms with Gasteiger partial charge in [-0.15, -0.1) is 0 Å². The molecule has 1 aliphatic heterocycles. The maximum Gasteiger partial charge on any atom is 0.238 e. The summed E-state index contributed by atoms with van der Waals surface area (Å²) in [5.41, 5.74) is 8.85. The van der Waals surface area contributed by atoms with E-state index >= 15 is 0 Å². The van der Waals surface area contributed by atoms with E-state index in [1.165, 1.54) is 0 Å². The van der Waals surface area contributed by atoms with Crippen LogP contribution in [0.1, 0.15) is 40.0 Å². The van der Waals surface area contributed by atoms with E-state index in [0.717, 1.165) is 12.8 Å². The van der Waals surface area contributed by atoms with Crippen LogP contribution in [0.4, 0.5) is 0 Å². The first-order valence-electron chi connectivity index (χ1n) is 5.30. The van der Waals surface area contributed by atoms with Gasteiger partial charge in [0.2, 0.25) is 5.91 Å². The van der Waals surface area contributed by atoms with Gasteiger partial charge in [-0.25, -0.2) is 5.43 Å². The summed E-state index contributed by atoms with van der Waals surface area (Å²) in [4.78, 5) is 11.6. The molecule has 82 valence electrons. The Hall–Kier alpha value is -0.610. The quantitative estimate of drug-likeness (QED) is 0.698. The third-order valence-electron chi connectivity index (χ3n) is 2.84. The van der Waals surface area contributed by atoms with Crippen LogP contribution in [0, 0.1) is 0 Å². The van der Waals surface area contributed by atoms with Crippen molar-refractivity contribution in [1.29, 1.82) is 0 Å². The van der Waals surface area contributed by atoms with E-state index in [4.69, 9.17) is 5.73 Å². The van der Waals surface area contributed by atoms with Gasteiger partial charge in [-0.1, -0.05) is 6.92 Å². The zero-order chi connectivity index (χ0) is 10.8. The molecule has 0 bridgehead atoms. The first-order chi connectivity index (χ1) is 6.47. The van der Waals surface area contributed by atoms with Crippen LogP contribution in [0.5, 0.6) is 0 Å². The van der Waals surface area contributed by atoms with Crippen LogP contribution in [0.15, 0.2) is 0 Å². The number of hydrogen-bond acceptors (Lipinski definition) is 3. The summed E-state index contributed by atoms with van der Waals surface area (Å²) in [5, 5.41) is 1.72. The number of rotatable bonds is 4. The van der Waals surface area contributed by atoms with E-state index in [1.54, 1.807) is 5.01 Å². The minimum absolute atomic E-state index is 0.0467. The van der Waals surface area contributed by atoms with Crippen LogP contribution < -0.4 is 11.2 Å². The van der Waals surface area contributed by atoms with Gasteiger partial charge in [0.05, 0.1) is 0 Å². The predicted octanol–water partition coefficient (Wildman–Crippen LogP) is 0.629. The molecular formula is C10H21N3O. The van der Waals surface area contributed by atoms with Crippen molar-refractivity contribution in [3.05, 3.63) is 0 Å². The molecule has 0 aromatic rings. The Morgan fingerprint density at radius 2 is 2.36 bits per heavy atom. The minimum Gasteiger partial charge on any atom is -0.328 e. The Morgan fingerprint density at radius 1 is 1.71 bits per heavy atom. The molecule has 0 radical (unpaired) electrons. The third-order valence-corrected chi connectivity index (χ3v) is 2.84. The van der Waals surface area contributed by atoms with Crippen molar-refractivity contribution in [2.24, 2.45) is 5.73 Å². The predicted molar refractivity (Wildman–Crippen MR) is 56.4 cm³/mol. The summed E-state index contributed by atoms with van der Waals surface area (Å²) >= 11 is 0. The Bertz CT molecular complexity index is 217. The molecule has 0 spiro atoms. The van der Waals surface area contributed by atoms with Crippen molar-refractivity contribution in [2.45, 2.75) is 51.6 Å². The molecule has 2 atom stereocenters. The lowest BCUT2D eigenvalue weighted by atomic mass is 9.97. The van der Waals surface area contributed by atoms with E-state index in [-0.39, 0.29) is 17.5 Å². The summed E-state index contributed by atoms with van der Waals surface area (Å²) < 4.78 is 0. The summed E-state index contributed by atoms with van der Waals surface area (Å²) in [7, 11) is 0. The van der Waals surface area contributed by atoms with Crippen molar-refractivity contribution in [3.63, 3.8) is 0 Å². The second kappa shape index (κ2) is 4.28. The van der Waals surface area contributed by atoms with Gasteiger partial charge >= 0.3 is 0 Å². The molecule has 1 amide bonds. The molecule has 1 fully saturated rings. The molecule has 1 rings (SSSR count). The lowest BCUT2D eigenvalue weighted by Crippen LogP contribution is -2.45. The van der Waals surface area contributed by atoms with Crippen molar-refractivity contribution >= 4 is 5.91 Å². The van der Waals surface area contributed by atoms with Crippen LogP contribution in [0.3, 0.4) is 0 Å². The Balaban J connectivity index is 2.45. The van der Waals surface area contributed by atoms with Gasteiger partial charge in [-0.05, 0) is 26.7 Å². The highest BCUT2D eigenvalue weighted by Gasteiger charge is 2.37. The second-order valence-corrected chi connectivity index (χ2v) is 4.51. The fourth-order valence-corrected chi connectivity index (χ4v) is 1.57. The molecule has 2 unspecified atom stereocenters. The Labute approximate surface area is 85.8 Å². The lowest BCUT2D eigenvalue weighted by molar-refractivity contribution is -0.129. The van der Waals surface area contributed by atoms with Crippen LogP contribution in [0.25, 0.3) is 0 Å². The van der Waals surface area contributed by atoms with Crippen molar-refractivity contribution in [3.8, 4) is 0 Å². The molecule has 1 heterocycles. The molecule has 0 aromatic heterocycles. The molecule has 0 aromatic carbocycles. The van der Waals surface area contributed by atoms with Gasteiger partial charge in [0, 0.05) is 24.5 Å². The summed E-state index contributed by atoms with van der Waals surface area (Å²) in [6.45, 7) is 6.85. The fraction of sp³-hybridized carbons (Fsp3) is 0.900. The number of nitrogens with zero attached hydrogens (tertiary/aromatic N) is 1. The summed E-state index contributed by atoms with van der Waals surface area (Å²) in [6, 6.07) is 0.151. The van der Waals surface area contributed by atoms with Gasteiger partial charge in [-0.3, -0.25) is 9.80 Å². The van der Waals surface area contributed by atoms with E-state index in [9.17, 15) is 4.79 Å². The van der Waals surface area contributed by atoms with Gasteiger partial charge in [0.25, 0.3) is 0 Å². The van der Waals surface area contributed by atoms with Crippen molar-refractivity contribution in [1.82, 2.24) is 10.4 Å². The number of nitrogens with two attached hydrogens (primary N) is 1. The smallest absolute Gasteiger partial charge is 0.238 e. The number of amides is 1.